The Balaban J connectivity index is 2.00. The topological polar surface area (TPSA) is 23.5 Å². The molecule has 0 aliphatic carbocycles. The van der Waals surface area contributed by atoms with Gasteiger partial charge >= 0.3 is 0 Å². The van der Waals surface area contributed by atoms with Gasteiger partial charge in [0.25, 0.3) is 0 Å². The van der Waals surface area contributed by atoms with E-state index in [1.165, 1.54) is 58.0 Å². The lowest BCUT2D eigenvalue weighted by atomic mass is 9.76. The summed E-state index contributed by atoms with van der Waals surface area (Å²) in [6, 6.07) is 0. The van der Waals surface area contributed by atoms with Crippen LogP contribution < -0.4 is 0 Å². The first-order valence-corrected chi connectivity index (χ1v) is 6.23. The van der Waals surface area contributed by atoms with E-state index in [1.54, 1.807) is 0 Å². The summed E-state index contributed by atoms with van der Waals surface area (Å²) in [4.78, 5) is 2.72. The van der Waals surface area contributed by atoms with Crippen LogP contribution in [0.25, 0.3) is 0 Å². The number of hydrogen-bond acceptors (Lipinski definition) is 2. The third kappa shape index (κ3) is 1.96. The van der Waals surface area contributed by atoms with E-state index < -0.39 is 0 Å². The monoisotopic (exact) mass is 197 g/mol. The van der Waals surface area contributed by atoms with E-state index in [4.69, 9.17) is 5.11 Å². The third-order valence-electron chi connectivity index (χ3n) is 4.11. The Morgan fingerprint density at radius 2 is 1.64 bits per heavy atom. The van der Waals surface area contributed by atoms with Crippen LogP contribution in [-0.2, 0) is 0 Å². The lowest BCUT2D eigenvalue weighted by Crippen LogP contribution is -2.54. The van der Waals surface area contributed by atoms with E-state index in [9.17, 15) is 0 Å². The van der Waals surface area contributed by atoms with E-state index >= 15 is 0 Å². The van der Waals surface area contributed by atoms with Crippen molar-refractivity contribution in [3.05, 3.63) is 0 Å². The van der Waals surface area contributed by atoms with Crippen molar-refractivity contribution in [1.82, 2.24) is 4.90 Å². The minimum atomic E-state index is 0.371. The van der Waals surface area contributed by atoms with Crippen molar-refractivity contribution in [2.75, 3.05) is 19.7 Å². The van der Waals surface area contributed by atoms with Crippen molar-refractivity contribution in [3.63, 3.8) is 0 Å². The molecule has 0 aromatic carbocycles. The first kappa shape index (κ1) is 10.4. The fourth-order valence-electron chi connectivity index (χ4n) is 3.36. The first-order chi connectivity index (χ1) is 6.87. The largest absolute Gasteiger partial charge is 0.396 e. The van der Waals surface area contributed by atoms with Crippen LogP contribution in [-0.4, -0.2) is 35.2 Å². The number of aliphatic hydroxyl groups excluding tert-OH is 1. The quantitative estimate of drug-likeness (QED) is 0.749. The van der Waals surface area contributed by atoms with Gasteiger partial charge in [0.15, 0.2) is 0 Å². The minimum absolute atomic E-state index is 0.371. The molecule has 0 bridgehead atoms. The Kier molecular flexibility index (Phi) is 3.45. The summed E-state index contributed by atoms with van der Waals surface area (Å²) in [5.41, 5.74) is 0.499. The fourth-order valence-corrected chi connectivity index (χ4v) is 3.36. The highest BCUT2D eigenvalue weighted by Crippen LogP contribution is 2.39. The van der Waals surface area contributed by atoms with Gasteiger partial charge < -0.3 is 5.11 Å². The zero-order valence-corrected chi connectivity index (χ0v) is 9.17. The summed E-state index contributed by atoms with van der Waals surface area (Å²) < 4.78 is 0. The van der Waals surface area contributed by atoms with Crippen LogP contribution in [0.15, 0.2) is 0 Å². The third-order valence-corrected chi connectivity index (χ3v) is 4.11. The molecule has 82 valence electrons. The highest BCUT2D eigenvalue weighted by atomic mass is 16.2. The lowest BCUT2D eigenvalue weighted by Gasteiger charge is -2.50. The molecule has 2 aliphatic heterocycles. The number of hydrogen-bond donors (Lipinski definition) is 1. The number of piperidine rings is 2. The molecule has 2 saturated heterocycles. The number of rotatable bonds is 3. The van der Waals surface area contributed by atoms with Gasteiger partial charge in [-0.1, -0.05) is 12.8 Å². The SMILES string of the molecule is OCCCC12CCCCN1CCCC2. The highest BCUT2D eigenvalue weighted by molar-refractivity contribution is 4.95. The van der Waals surface area contributed by atoms with Gasteiger partial charge in [0.2, 0.25) is 0 Å². The highest BCUT2D eigenvalue weighted by Gasteiger charge is 2.39. The van der Waals surface area contributed by atoms with Crippen molar-refractivity contribution in [2.24, 2.45) is 0 Å². The average molecular weight is 197 g/mol. The molecule has 14 heavy (non-hydrogen) atoms. The summed E-state index contributed by atoms with van der Waals surface area (Å²) in [6.07, 6.45) is 10.6. The molecule has 2 fully saturated rings. The molecule has 2 rings (SSSR count). The molecule has 0 aromatic heterocycles. The molecule has 1 N–H and O–H groups in total. The van der Waals surface area contributed by atoms with Gasteiger partial charge in [-0.25, -0.2) is 0 Å². The molecule has 2 aliphatic rings. The molecule has 0 saturated carbocycles. The first-order valence-electron chi connectivity index (χ1n) is 6.23. The average Bonchev–Trinajstić information content (AvgIpc) is 2.26. The molecule has 0 spiro atoms. The van der Waals surface area contributed by atoms with E-state index in [1.807, 2.05) is 0 Å². The zero-order chi connectivity index (χ0) is 9.86. The lowest BCUT2D eigenvalue weighted by molar-refractivity contribution is 0.00101. The molecule has 0 atom stereocenters. The second-order valence-electron chi connectivity index (χ2n) is 4.95. The van der Waals surface area contributed by atoms with Crippen molar-refractivity contribution < 1.29 is 5.11 Å². The van der Waals surface area contributed by atoms with Gasteiger partial charge in [-0.3, -0.25) is 4.90 Å². The van der Waals surface area contributed by atoms with Crippen molar-refractivity contribution in [1.29, 1.82) is 0 Å². The molecule has 0 amide bonds. The van der Waals surface area contributed by atoms with Gasteiger partial charge in [-0.15, -0.1) is 0 Å². The van der Waals surface area contributed by atoms with Crippen molar-refractivity contribution in [2.45, 2.75) is 56.9 Å². The zero-order valence-electron chi connectivity index (χ0n) is 9.17. The predicted octanol–water partition coefficient (Wildman–Crippen LogP) is 2.17. The van der Waals surface area contributed by atoms with Gasteiger partial charge in [0.1, 0.15) is 0 Å². The van der Waals surface area contributed by atoms with E-state index in [0.29, 0.717) is 12.1 Å². The summed E-state index contributed by atoms with van der Waals surface area (Å²) >= 11 is 0. The molecule has 2 heterocycles. The minimum Gasteiger partial charge on any atom is -0.396 e. The standard InChI is InChI=1S/C12H23NO/c14-11-5-8-12-6-1-3-9-13(12)10-4-2-7-12/h14H,1-11H2. The smallest absolute Gasteiger partial charge is 0.0431 e. The van der Waals surface area contributed by atoms with Crippen LogP contribution in [0.2, 0.25) is 0 Å². The second-order valence-corrected chi connectivity index (χ2v) is 4.95. The van der Waals surface area contributed by atoms with E-state index in [2.05, 4.69) is 4.90 Å². The van der Waals surface area contributed by atoms with Crippen LogP contribution in [0.4, 0.5) is 0 Å². The Hall–Kier alpha value is -0.0800. The Bertz CT molecular complexity index is 169. The second kappa shape index (κ2) is 4.63. The van der Waals surface area contributed by atoms with Crippen LogP contribution >= 0.6 is 0 Å². The fraction of sp³-hybridized carbons (Fsp3) is 1.00. The Morgan fingerprint density at radius 3 is 2.21 bits per heavy atom. The predicted molar refractivity (Wildman–Crippen MR) is 58.3 cm³/mol. The van der Waals surface area contributed by atoms with Crippen LogP contribution in [0.5, 0.6) is 0 Å². The summed E-state index contributed by atoms with van der Waals surface area (Å²) in [5.74, 6) is 0. The van der Waals surface area contributed by atoms with Gasteiger partial charge in [0, 0.05) is 12.1 Å². The molecule has 2 heteroatoms. The normalized spacial score (nSPS) is 27.2. The number of aliphatic hydroxyl groups is 1. The van der Waals surface area contributed by atoms with Crippen LogP contribution in [0.1, 0.15) is 51.4 Å². The van der Waals surface area contributed by atoms with Gasteiger partial charge in [-0.05, 0) is 51.6 Å². The van der Waals surface area contributed by atoms with Gasteiger partial charge in [0.05, 0.1) is 0 Å². The Labute approximate surface area is 87.3 Å². The van der Waals surface area contributed by atoms with Crippen molar-refractivity contribution >= 4 is 0 Å². The van der Waals surface area contributed by atoms with Gasteiger partial charge in [-0.2, -0.15) is 0 Å². The molecular weight excluding hydrogens is 174 g/mol. The molecule has 2 nitrogen and oxygen atoms in total. The maximum absolute atomic E-state index is 8.97. The molecular formula is C12H23NO. The van der Waals surface area contributed by atoms with Crippen LogP contribution in [0, 0.1) is 0 Å². The van der Waals surface area contributed by atoms with E-state index in [-0.39, 0.29) is 0 Å². The molecule has 0 unspecified atom stereocenters. The summed E-state index contributed by atoms with van der Waals surface area (Å²) in [6.45, 7) is 2.99. The number of fused-ring (bicyclic) bond motifs is 1. The van der Waals surface area contributed by atoms with Crippen LogP contribution in [0.3, 0.4) is 0 Å². The van der Waals surface area contributed by atoms with E-state index in [0.717, 1.165) is 6.42 Å². The maximum atomic E-state index is 8.97. The summed E-state index contributed by atoms with van der Waals surface area (Å²) in [7, 11) is 0. The van der Waals surface area contributed by atoms with Crippen molar-refractivity contribution in [3.8, 4) is 0 Å². The molecule has 0 radical (unpaired) electrons. The Morgan fingerprint density at radius 1 is 1.00 bits per heavy atom. The number of nitrogens with zero attached hydrogens (tertiary/aromatic N) is 1. The summed E-state index contributed by atoms with van der Waals surface area (Å²) in [5, 5.41) is 8.97. The maximum Gasteiger partial charge on any atom is 0.0431 e. The molecule has 0 aromatic rings.